The molecule has 2 rings (SSSR count). The average Bonchev–Trinajstić information content (AvgIpc) is 2.48. The van der Waals surface area contributed by atoms with E-state index in [1.807, 2.05) is 12.1 Å². The molecule has 2 heteroatoms. The van der Waals surface area contributed by atoms with Crippen LogP contribution in [0.5, 0.6) is 5.75 Å². The number of ether oxygens (including phenoxy) is 1. The Morgan fingerprint density at radius 3 is 2.25 bits per heavy atom. The molecular formula is C18H26O2. The minimum Gasteiger partial charge on any atom is -0.497 e. The molecule has 2 nitrogen and oxygen atoms in total. The highest BCUT2D eigenvalue weighted by atomic mass is 16.5. The summed E-state index contributed by atoms with van der Waals surface area (Å²) < 4.78 is 5.20. The van der Waals surface area contributed by atoms with Crippen molar-refractivity contribution in [1.29, 1.82) is 0 Å². The second-order valence-electron chi connectivity index (χ2n) is 6.44. The van der Waals surface area contributed by atoms with Crippen molar-refractivity contribution in [1.82, 2.24) is 0 Å². The number of carbonyl (C=O) groups is 1. The first kappa shape index (κ1) is 15.1. The fourth-order valence-electron chi connectivity index (χ4n) is 3.69. The van der Waals surface area contributed by atoms with Gasteiger partial charge in [-0.25, -0.2) is 0 Å². The summed E-state index contributed by atoms with van der Waals surface area (Å²) in [5.74, 6) is 1.24. The summed E-state index contributed by atoms with van der Waals surface area (Å²) in [6.07, 6.45) is 7.39. The van der Waals surface area contributed by atoms with Gasteiger partial charge in [0, 0.05) is 5.92 Å². The van der Waals surface area contributed by atoms with Crippen LogP contribution in [0.15, 0.2) is 24.3 Å². The lowest BCUT2D eigenvalue weighted by atomic mass is 9.63. The summed E-state index contributed by atoms with van der Waals surface area (Å²) in [6, 6.07) is 8.15. The molecule has 0 heterocycles. The molecular weight excluding hydrogens is 248 g/mol. The van der Waals surface area contributed by atoms with Gasteiger partial charge in [-0.3, -0.25) is 0 Å². The standard InChI is InChI=1S/C18H26O2/c1-14(15-7-9-16(20-3)10-8-15)17(13-19)18(2)11-5-4-6-12-18/h7-10,13-14,17H,4-6,11-12H2,1-3H3. The number of benzene rings is 1. The summed E-state index contributed by atoms with van der Waals surface area (Å²) in [4.78, 5) is 11.7. The number of rotatable bonds is 5. The Balaban J connectivity index is 2.18. The maximum Gasteiger partial charge on any atom is 0.124 e. The summed E-state index contributed by atoms with van der Waals surface area (Å²) >= 11 is 0. The molecule has 0 amide bonds. The largest absolute Gasteiger partial charge is 0.497 e. The number of methoxy groups -OCH3 is 1. The van der Waals surface area contributed by atoms with Crippen LogP contribution in [-0.4, -0.2) is 13.4 Å². The van der Waals surface area contributed by atoms with E-state index in [0.717, 1.165) is 5.75 Å². The molecule has 1 saturated carbocycles. The van der Waals surface area contributed by atoms with Gasteiger partial charge < -0.3 is 9.53 Å². The summed E-state index contributed by atoms with van der Waals surface area (Å²) in [7, 11) is 1.68. The third-order valence-electron chi connectivity index (χ3n) is 5.13. The van der Waals surface area contributed by atoms with Gasteiger partial charge in [-0.1, -0.05) is 45.2 Å². The first-order valence-electron chi connectivity index (χ1n) is 7.70. The van der Waals surface area contributed by atoms with Crippen molar-refractivity contribution in [2.45, 2.75) is 51.9 Å². The van der Waals surface area contributed by atoms with Gasteiger partial charge >= 0.3 is 0 Å². The number of hydrogen-bond acceptors (Lipinski definition) is 2. The fourth-order valence-corrected chi connectivity index (χ4v) is 3.69. The van der Waals surface area contributed by atoms with Crippen LogP contribution in [0.25, 0.3) is 0 Å². The minimum atomic E-state index is 0.108. The average molecular weight is 274 g/mol. The van der Waals surface area contributed by atoms with Gasteiger partial charge in [0.2, 0.25) is 0 Å². The fraction of sp³-hybridized carbons (Fsp3) is 0.611. The van der Waals surface area contributed by atoms with Crippen LogP contribution in [0, 0.1) is 11.3 Å². The molecule has 0 radical (unpaired) electrons. The van der Waals surface area contributed by atoms with Crippen molar-refractivity contribution < 1.29 is 9.53 Å². The zero-order valence-electron chi connectivity index (χ0n) is 12.9. The van der Waals surface area contributed by atoms with E-state index in [4.69, 9.17) is 4.74 Å². The molecule has 0 N–H and O–H groups in total. The number of hydrogen-bond donors (Lipinski definition) is 0. The molecule has 1 aromatic carbocycles. The lowest BCUT2D eigenvalue weighted by Gasteiger charge is -2.41. The van der Waals surface area contributed by atoms with E-state index in [2.05, 4.69) is 26.0 Å². The van der Waals surface area contributed by atoms with E-state index in [9.17, 15) is 4.79 Å². The van der Waals surface area contributed by atoms with Crippen molar-refractivity contribution in [3.63, 3.8) is 0 Å². The van der Waals surface area contributed by atoms with E-state index in [0.29, 0.717) is 0 Å². The number of carbonyl (C=O) groups excluding carboxylic acids is 1. The van der Waals surface area contributed by atoms with Gasteiger partial charge in [-0.15, -0.1) is 0 Å². The van der Waals surface area contributed by atoms with E-state index in [-0.39, 0.29) is 17.3 Å². The lowest BCUT2D eigenvalue weighted by Crippen LogP contribution is -2.34. The monoisotopic (exact) mass is 274 g/mol. The highest BCUT2D eigenvalue weighted by Gasteiger charge is 2.38. The molecule has 0 spiro atoms. The Hall–Kier alpha value is -1.31. The Bertz CT molecular complexity index is 429. The van der Waals surface area contributed by atoms with Crippen LogP contribution < -0.4 is 4.74 Å². The van der Waals surface area contributed by atoms with Gasteiger partial charge in [-0.2, -0.15) is 0 Å². The molecule has 0 aliphatic heterocycles. The van der Waals surface area contributed by atoms with Gasteiger partial charge in [0.1, 0.15) is 12.0 Å². The molecule has 0 bridgehead atoms. The molecule has 2 atom stereocenters. The molecule has 0 aromatic heterocycles. The van der Waals surface area contributed by atoms with Gasteiger partial charge in [0.25, 0.3) is 0 Å². The molecule has 2 unspecified atom stereocenters. The van der Waals surface area contributed by atoms with Crippen molar-refractivity contribution in [3.8, 4) is 5.75 Å². The zero-order valence-corrected chi connectivity index (χ0v) is 12.9. The van der Waals surface area contributed by atoms with Crippen LogP contribution in [-0.2, 0) is 4.79 Å². The molecule has 0 saturated heterocycles. The van der Waals surface area contributed by atoms with E-state index in [1.165, 1.54) is 44.0 Å². The van der Waals surface area contributed by atoms with Gasteiger partial charge in [0.05, 0.1) is 7.11 Å². The Morgan fingerprint density at radius 1 is 1.15 bits per heavy atom. The SMILES string of the molecule is COc1ccc(C(C)C(C=O)C2(C)CCCCC2)cc1. The topological polar surface area (TPSA) is 26.3 Å². The third kappa shape index (κ3) is 3.05. The third-order valence-corrected chi connectivity index (χ3v) is 5.13. The minimum absolute atomic E-state index is 0.108. The predicted octanol–water partition coefficient (Wildman–Crippen LogP) is 4.58. The summed E-state index contributed by atoms with van der Waals surface area (Å²) in [5.41, 5.74) is 1.40. The molecule has 1 aromatic rings. The first-order valence-corrected chi connectivity index (χ1v) is 7.70. The van der Waals surface area contributed by atoms with Crippen molar-refractivity contribution in [2.75, 3.05) is 7.11 Å². The summed E-state index contributed by atoms with van der Waals surface area (Å²) in [6.45, 7) is 4.48. The highest BCUT2D eigenvalue weighted by Crippen LogP contribution is 2.46. The molecule has 20 heavy (non-hydrogen) atoms. The molecule has 110 valence electrons. The van der Waals surface area contributed by atoms with Gasteiger partial charge in [-0.05, 0) is 41.9 Å². The van der Waals surface area contributed by atoms with E-state index in [1.54, 1.807) is 7.11 Å². The quantitative estimate of drug-likeness (QED) is 0.734. The van der Waals surface area contributed by atoms with Crippen LogP contribution in [0.3, 0.4) is 0 Å². The molecule has 1 fully saturated rings. The van der Waals surface area contributed by atoms with Crippen molar-refractivity contribution in [3.05, 3.63) is 29.8 Å². The lowest BCUT2D eigenvalue weighted by molar-refractivity contribution is -0.116. The van der Waals surface area contributed by atoms with Crippen molar-refractivity contribution in [2.24, 2.45) is 11.3 Å². The molecule has 1 aliphatic carbocycles. The maximum atomic E-state index is 11.7. The zero-order chi connectivity index (χ0) is 14.6. The van der Waals surface area contributed by atoms with Crippen LogP contribution >= 0.6 is 0 Å². The van der Waals surface area contributed by atoms with E-state index < -0.39 is 0 Å². The van der Waals surface area contributed by atoms with Crippen LogP contribution in [0.2, 0.25) is 0 Å². The van der Waals surface area contributed by atoms with Crippen LogP contribution in [0.4, 0.5) is 0 Å². The maximum absolute atomic E-state index is 11.7. The Morgan fingerprint density at radius 2 is 1.75 bits per heavy atom. The number of aldehydes is 1. The second kappa shape index (κ2) is 6.43. The second-order valence-corrected chi connectivity index (χ2v) is 6.44. The predicted molar refractivity (Wildman–Crippen MR) is 82.2 cm³/mol. The summed E-state index contributed by atoms with van der Waals surface area (Å²) in [5, 5.41) is 0. The first-order chi connectivity index (χ1) is 9.60. The van der Waals surface area contributed by atoms with Crippen LogP contribution in [0.1, 0.15) is 57.4 Å². The highest BCUT2D eigenvalue weighted by molar-refractivity contribution is 5.57. The van der Waals surface area contributed by atoms with Crippen molar-refractivity contribution >= 4 is 6.29 Å². The normalized spacial score (nSPS) is 20.9. The Labute approximate surface area is 122 Å². The Kier molecular flexibility index (Phi) is 4.85. The molecule has 1 aliphatic rings. The van der Waals surface area contributed by atoms with Gasteiger partial charge in [0.15, 0.2) is 0 Å². The smallest absolute Gasteiger partial charge is 0.124 e. The van der Waals surface area contributed by atoms with E-state index >= 15 is 0 Å².